The Morgan fingerprint density at radius 3 is 2.71 bits per heavy atom. The van der Waals surface area contributed by atoms with Crippen LogP contribution in [-0.2, 0) is 17.8 Å². The Balaban J connectivity index is 1.58. The van der Waals surface area contributed by atoms with Crippen molar-refractivity contribution >= 4 is 23.4 Å². The second-order valence-electron chi connectivity index (χ2n) is 7.58. The normalized spacial score (nSPS) is 16.1. The highest BCUT2D eigenvalue weighted by Crippen LogP contribution is 2.35. The van der Waals surface area contributed by atoms with E-state index < -0.39 is 0 Å². The minimum absolute atomic E-state index is 0.0848. The number of aromatic nitrogens is 3. The highest BCUT2D eigenvalue weighted by atomic mass is 32.2. The molecular weight excluding hydrogens is 408 g/mol. The maximum absolute atomic E-state index is 13.4. The largest absolute Gasteiger partial charge is 0.497 e. The molecule has 0 unspecified atom stereocenters. The number of anilines is 1. The van der Waals surface area contributed by atoms with Gasteiger partial charge in [0, 0.05) is 23.8 Å². The summed E-state index contributed by atoms with van der Waals surface area (Å²) >= 11 is 1.43. The highest BCUT2D eigenvalue weighted by molar-refractivity contribution is 8.00. The SMILES string of the molecule is C=CCn1c(S[C@H](C)C(=O)N2c3ccccc3C[C@@H]2C)nnc1-c1ccc(OC)cc1. The zero-order valence-electron chi connectivity index (χ0n) is 18.0. The zero-order chi connectivity index (χ0) is 22.0. The summed E-state index contributed by atoms with van der Waals surface area (Å²) in [5, 5.41) is 9.19. The predicted octanol–water partition coefficient (Wildman–Crippen LogP) is 4.60. The van der Waals surface area contributed by atoms with Gasteiger partial charge in [0.15, 0.2) is 11.0 Å². The molecule has 1 aliphatic heterocycles. The molecule has 0 bridgehead atoms. The molecule has 3 aromatic rings. The molecule has 160 valence electrons. The molecule has 2 aromatic carbocycles. The lowest BCUT2D eigenvalue weighted by Crippen LogP contribution is -2.40. The maximum atomic E-state index is 13.4. The summed E-state index contributed by atoms with van der Waals surface area (Å²) in [6, 6.07) is 16.0. The number of hydrogen-bond donors (Lipinski definition) is 0. The average Bonchev–Trinajstić information content (AvgIpc) is 3.33. The third kappa shape index (κ3) is 4.10. The topological polar surface area (TPSA) is 60.2 Å². The van der Waals surface area contributed by atoms with Crippen molar-refractivity contribution in [3.63, 3.8) is 0 Å². The number of carbonyl (C=O) groups excluding carboxylic acids is 1. The standard InChI is InChI=1S/C24H26N4O2S/c1-5-14-27-22(18-10-12-20(30-4)13-11-18)25-26-24(27)31-17(3)23(29)28-16(2)15-19-8-6-7-9-21(19)28/h5-13,16-17H,1,14-15H2,2-4H3/t16-,17+/m0/s1. The summed E-state index contributed by atoms with van der Waals surface area (Å²) in [4.78, 5) is 15.3. The third-order valence-electron chi connectivity index (χ3n) is 5.45. The first kappa shape index (κ1) is 21.2. The van der Waals surface area contributed by atoms with Gasteiger partial charge in [-0.1, -0.05) is 36.0 Å². The van der Waals surface area contributed by atoms with Gasteiger partial charge in [0.2, 0.25) is 5.91 Å². The number of para-hydroxylation sites is 1. The van der Waals surface area contributed by atoms with Gasteiger partial charge in [-0.25, -0.2) is 0 Å². The summed E-state index contributed by atoms with van der Waals surface area (Å²) in [6.45, 7) is 8.45. The first-order valence-corrected chi connectivity index (χ1v) is 11.2. The Hall–Kier alpha value is -3.06. The molecule has 7 heteroatoms. The summed E-state index contributed by atoms with van der Waals surface area (Å²) in [7, 11) is 1.64. The Morgan fingerprint density at radius 2 is 2.00 bits per heavy atom. The molecule has 0 N–H and O–H groups in total. The average molecular weight is 435 g/mol. The van der Waals surface area contributed by atoms with Crippen molar-refractivity contribution in [3.8, 4) is 17.1 Å². The molecule has 2 heterocycles. The van der Waals surface area contributed by atoms with Crippen LogP contribution < -0.4 is 9.64 Å². The van der Waals surface area contributed by atoms with Crippen molar-refractivity contribution in [2.75, 3.05) is 12.0 Å². The Kier molecular flexibility index (Phi) is 6.13. The number of methoxy groups -OCH3 is 1. The molecule has 0 fully saturated rings. The molecule has 31 heavy (non-hydrogen) atoms. The fourth-order valence-corrected chi connectivity index (χ4v) is 4.84. The van der Waals surface area contributed by atoms with Crippen molar-refractivity contribution in [2.24, 2.45) is 0 Å². The van der Waals surface area contributed by atoms with E-state index in [1.165, 1.54) is 17.3 Å². The smallest absolute Gasteiger partial charge is 0.240 e. The van der Waals surface area contributed by atoms with E-state index >= 15 is 0 Å². The van der Waals surface area contributed by atoms with Gasteiger partial charge in [-0.3, -0.25) is 9.36 Å². The highest BCUT2D eigenvalue weighted by Gasteiger charge is 2.34. The summed E-state index contributed by atoms with van der Waals surface area (Å²) in [6.07, 6.45) is 2.69. The van der Waals surface area contributed by atoms with Crippen LogP contribution in [0.25, 0.3) is 11.4 Å². The predicted molar refractivity (Wildman–Crippen MR) is 125 cm³/mol. The van der Waals surface area contributed by atoms with Crippen LogP contribution in [0.3, 0.4) is 0 Å². The number of carbonyl (C=O) groups is 1. The van der Waals surface area contributed by atoms with Gasteiger partial charge in [0.05, 0.1) is 12.4 Å². The molecule has 0 aliphatic carbocycles. The molecular formula is C24H26N4O2S. The van der Waals surface area contributed by atoms with Gasteiger partial charge >= 0.3 is 0 Å². The van der Waals surface area contributed by atoms with Crippen molar-refractivity contribution in [1.82, 2.24) is 14.8 Å². The zero-order valence-corrected chi connectivity index (χ0v) is 18.8. The fourth-order valence-electron chi connectivity index (χ4n) is 3.93. The third-order valence-corrected chi connectivity index (χ3v) is 6.52. The van der Waals surface area contributed by atoms with E-state index in [9.17, 15) is 4.79 Å². The van der Waals surface area contributed by atoms with Gasteiger partial charge in [-0.05, 0) is 56.2 Å². The van der Waals surface area contributed by atoms with E-state index in [-0.39, 0.29) is 17.2 Å². The number of ether oxygens (including phenoxy) is 1. The molecule has 0 saturated carbocycles. The summed E-state index contributed by atoms with van der Waals surface area (Å²) in [5.41, 5.74) is 3.17. The first-order chi connectivity index (χ1) is 15.0. The van der Waals surface area contributed by atoms with E-state index in [4.69, 9.17) is 4.74 Å². The number of fused-ring (bicyclic) bond motifs is 1. The molecule has 0 radical (unpaired) electrons. The van der Waals surface area contributed by atoms with Crippen molar-refractivity contribution in [1.29, 1.82) is 0 Å². The van der Waals surface area contributed by atoms with Gasteiger partial charge in [0.1, 0.15) is 5.75 Å². The monoisotopic (exact) mass is 434 g/mol. The van der Waals surface area contributed by atoms with Crippen molar-refractivity contribution in [2.45, 2.75) is 43.3 Å². The molecule has 0 saturated heterocycles. The molecule has 0 spiro atoms. The maximum Gasteiger partial charge on any atom is 0.240 e. The number of allylic oxidation sites excluding steroid dienone is 1. The van der Waals surface area contributed by atoms with Crippen molar-refractivity contribution in [3.05, 3.63) is 66.7 Å². The Morgan fingerprint density at radius 1 is 1.26 bits per heavy atom. The van der Waals surface area contributed by atoms with Gasteiger partial charge < -0.3 is 9.64 Å². The van der Waals surface area contributed by atoms with Crippen molar-refractivity contribution < 1.29 is 9.53 Å². The summed E-state index contributed by atoms with van der Waals surface area (Å²) in [5.74, 6) is 1.61. The minimum atomic E-state index is -0.301. The molecule has 6 nitrogen and oxygen atoms in total. The summed E-state index contributed by atoms with van der Waals surface area (Å²) < 4.78 is 7.23. The van der Waals surface area contributed by atoms with Crippen LogP contribution in [-0.4, -0.2) is 39.1 Å². The van der Waals surface area contributed by atoms with E-state index in [0.717, 1.165) is 29.2 Å². The molecule has 1 aliphatic rings. The number of hydrogen-bond acceptors (Lipinski definition) is 5. The van der Waals surface area contributed by atoms with Gasteiger partial charge in [0.25, 0.3) is 0 Å². The number of benzene rings is 2. The molecule has 2 atom stereocenters. The minimum Gasteiger partial charge on any atom is -0.497 e. The van der Waals surface area contributed by atoms with E-state index in [2.05, 4.69) is 29.8 Å². The molecule has 4 rings (SSSR count). The quantitative estimate of drug-likeness (QED) is 0.402. The fraction of sp³-hybridized carbons (Fsp3) is 0.292. The lowest BCUT2D eigenvalue weighted by atomic mass is 10.1. The lowest BCUT2D eigenvalue weighted by Gasteiger charge is -2.25. The van der Waals surface area contributed by atoms with Crippen LogP contribution in [0.4, 0.5) is 5.69 Å². The van der Waals surface area contributed by atoms with Crippen LogP contribution in [0.5, 0.6) is 5.75 Å². The van der Waals surface area contributed by atoms with Crippen LogP contribution in [0.2, 0.25) is 0 Å². The number of nitrogens with zero attached hydrogens (tertiary/aromatic N) is 4. The molecule has 1 amide bonds. The Labute approximate surface area is 186 Å². The Bertz CT molecular complexity index is 1090. The second kappa shape index (κ2) is 8.98. The lowest BCUT2D eigenvalue weighted by molar-refractivity contribution is -0.118. The number of amides is 1. The van der Waals surface area contributed by atoms with Crippen LogP contribution >= 0.6 is 11.8 Å². The number of rotatable bonds is 7. The van der Waals surface area contributed by atoms with E-state index in [1.807, 2.05) is 64.9 Å². The van der Waals surface area contributed by atoms with Gasteiger partial charge in [-0.2, -0.15) is 0 Å². The van der Waals surface area contributed by atoms with Crippen LogP contribution in [0.15, 0.2) is 66.3 Å². The van der Waals surface area contributed by atoms with Crippen LogP contribution in [0, 0.1) is 0 Å². The number of thioether (sulfide) groups is 1. The molecule has 1 aromatic heterocycles. The van der Waals surface area contributed by atoms with E-state index in [1.54, 1.807) is 7.11 Å². The second-order valence-corrected chi connectivity index (χ2v) is 8.89. The van der Waals surface area contributed by atoms with Gasteiger partial charge in [-0.15, -0.1) is 16.8 Å². The van der Waals surface area contributed by atoms with Crippen LogP contribution in [0.1, 0.15) is 19.4 Å². The van der Waals surface area contributed by atoms with E-state index in [0.29, 0.717) is 11.7 Å². The first-order valence-electron chi connectivity index (χ1n) is 10.3.